The number of alkyl carbamates (subject to hydrolysis) is 2. The van der Waals surface area contributed by atoms with Crippen molar-refractivity contribution in [3.63, 3.8) is 0 Å². The molecule has 3 aromatic carbocycles. The Labute approximate surface area is 342 Å². The molecular weight excluding hydrogens is 756 g/mol. The molecule has 0 bridgehead atoms. The summed E-state index contributed by atoms with van der Waals surface area (Å²) in [5.74, 6) is 0.277. The van der Waals surface area contributed by atoms with Crippen molar-refractivity contribution in [2.45, 2.75) is 77.5 Å². The van der Waals surface area contributed by atoms with E-state index in [0.717, 1.165) is 46.9 Å². The normalized spacial score (nSPS) is 17.7. The van der Waals surface area contributed by atoms with Gasteiger partial charge in [0, 0.05) is 29.8 Å². The van der Waals surface area contributed by atoms with E-state index in [-0.39, 0.29) is 41.6 Å². The second kappa shape index (κ2) is 17.3. The van der Waals surface area contributed by atoms with Crippen LogP contribution in [0.15, 0.2) is 67.0 Å². The molecule has 0 saturated carbocycles. The molecule has 4 atom stereocenters. The average molecular weight is 807 g/mol. The number of imidazole rings is 2. The summed E-state index contributed by atoms with van der Waals surface area (Å²) < 4.78 is 25.3. The largest absolute Gasteiger partial charge is 0.453 e. The summed E-state index contributed by atoms with van der Waals surface area (Å²) in [6.07, 6.45) is 5.20. The third-order valence-corrected chi connectivity index (χ3v) is 11.4. The van der Waals surface area contributed by atoms with E-state index in [2.05, 4.69) is 36.6 Å². The van der Waals surface area contributed by atoms with Gasteiger partial charge >= 0.3 is 12.2 Å². The Morgan fingerprint density at radius 3 is 1.58 bits per heavy atom. The molecule has 0 radical (unpaired) electrons. The summed E-state index contributed by atoms with van der Waals surface area (Å²) in [7, 11) is 2.54. The first kappa shape index (κ1) is 40.9. The molecule has 2 saturated heterocycles. The lowest BCUT2D eigenvalue weighted by atomic mass is 9.98. The van der Waals surface area contributed by atoms with Gasteiger partial charge in [0.2, 0.25) is 11.8 Å². The summed E-state index contributed by atoms with van der Waals surface area (Å²) in [6.45, 7) is 8.62. The van der Waals surface area contributed by atoms with E-state index in [4.69, 9.17) is 9.47 Å². The first-order chi connectivity index (χ1) is 28.4. The second-order valence-electron chi connectivity index (χ2n) is 15.9. The molecule has 4 amide bonds. The van der Waals surface area contributed by atoms with Crippen molar-refractivity contribution in [1.29, 1.82) is 0 Å². The molecule has 310 valence electrons. The van der Waals surface area contributed by atoms with E-state index in [9.17, 15) is 19.2 Å². The van der Waals surface area contributed by atoms with E-state index in [0.29, 0.717) is 48.0 Å². The van der Waals surface area contributed by atoms with Gasteiger partial charge in [-0.15, -0.1) is 0 Å². The maximum Gasteiger partial charge on any atom is 0.407 e. The van der Waals surface area contributed by atoms with E-state index < -0.39 is 24.3 Å². The van der Waals surface area contributed by atoms with Crippen LogP contribution in [-0.4, -0.2) is 93.1 Å². The number of likely N-dealkylation sites (tertiary alicyclic amines) is 2. The van der Waals surface area contributed by atoms with Crippen LogP contribution < -0.4 is 10.6 Å². The Morgan fingerprint density at radius 2 is 1.12 bits per heavy atom. The molecule has 2 aromatic heterocycles. The molecule has 5 aromatic rings. The fourth-order valence-electron chi connectivity index (χ4n) is 8.19. The molecule has 15 heteroatoms. The number of nitrogens with one attached hydrogen (secondary N) is 4. The van der Waals surface area contributed by atoms with Gasteiger partial charge in [-0.05, 0) is 72.1 Å². The highest BCUT2D eigenvalue weighted by Crippen LogP contribution is 2.36. The van der Waals surface area contributed by atoms with Crippen LogP contribution in [-0.2, 0) is 19.1 Å². The van der Waals surface area contributed by atoms with Gasteiger partial charge in [0.1, 0.15) is 29.5 Å². The van der Waals surface area contributed by atoms with Crippen molar-refractivity contribution in [3.8, 4) is 33.6 Å². The highest BCUT2D eigenvalue weighted by atomic mass is 19.1. The third kappa shape index (κ3) is 8.50. The number of H-pyrrole nitrogens is 2. The number of aromatic amines is 2. The number of hydrogen-bond donors (Lipinski definition) is 4. The molecule has 4 N–H and O–H groups in total. The number of fused-ring (bicyclic) bond motifs is 1. The molecule has 0 spiro atoms. The van der Waals surface area contributed by atoms with Crippen molar-refractivity contribution < 1.29 is 33.0 Å². The predicted octanol–water partition coefficient (Wildman–Crippen LogP) is 7.51. The number of halogens is 1. The van der Waals surface area contributed by atoms with Gasteiger partial charge in [-0.1, -0.05) is 64.1 Å². The lowest BCUT2D eigenvalue weighted by Gasteiger charge is -2.30. The minimum absolute atomic E-state index is 0.127. The van der Waals surface area contributed by atoms with Gasteiger partial charge in [-0.2, -0.15) is 0 Å². The number of hydrogen-bond acceptors (Lipinski definition) is 8. The smallest absolute Gasteiger partial charge is 0.407 e. The van der Waals surface area contributed by atoms with Crippen molar-refractivity contribution >= 4 is 34.8 Å². The Balaban J connectivity index is 1.05. The minimum Gasteiger partial charge on any atom is -0.453 e. The van der Waals surface area contributed by atoms with Crippen LogP contribution >= 0.6 is 0 Å². The Hall–Kier alpha value is -6.25. The summed E-state index contributed by atoms with van der Waals surface area (Å²) in [6, 6.07) is 15.0. The summed E-state index contributed by atoms with van der Waals surface area (Å²) in [5.41, 5.74) is 4.18. The van der Waals surface area contributed by atoms with Gasteiger partial charge < -0.3 is 39.9 Å². The van der Waals surface area contributed by atoms with Crippen molar-refractivity contribution in [2.75, 3.05) is 27.3 Å². The van der Waals surface area contributed by atoms with E-state index in [1.54, 1.807) is 28.3 Å². The number of rotatable bonds is 11. The summed E-state index contributed by atoms with van der Waals surface area (Å²) in [5, 5.41) is 7.26. The number of nitrogens with zero attached hydrogens (tertiary/aromatic N) is 4. The topological polar surface area (TPSA) is 175 Å². The Morgan fingerprint density at radius 1 is 0.678 bits per heavy atom. The van der Waals surface area contributed by atoms with Gasteiger partial charge in [-0.3, -0.25) is 9.59 Å². The first-order valence-corrected chi connectivity index (χ1v) is 20.1. The third-order valence-electron chi connectivity index (χ3n) is 11.4. The quantitative estimate of drug-likeness (QED) is 0.106. The fraction of sp³-hybridized carbons (Fsp3) is 0.409. The van der Waals surface area contributed by atoms with Crippen LogP contribution in [0.3, 0.4) is 0 Å². The number of benzene rings is 3. The molecule has 59 heavy (non-hydrogen) atoms. The Kier molecular flexibility index (Phi) is 12.0. The van der Waals surface area contributed by atoms with Gasteiger partial charge in [0.25, 0.3) is 0 Å². The fourth-order valence-corrected chi connectivity index (χ4v) is 8.19. The lowest BCUT2D eigenvalue weighted by Crippen LogP contribution is -2.51. The van der Waals surface area contributed by atoms with Crippen molar-refractivity contribution in [1.82, 2.24) is 40.4 Å². The lowest BCUT2D eigenvalue weighted by molar-refractivity contribution is -0.136. The summed E-state index contributed by atoms with van der Waals surface area (Å²) in [4.78, 5) is 70.6. The minimum atomic E-state index is -0.738. The number of carbonyl (C=O) groups is 4. The molecular formula is C44H51FN8O6. The maximum absolute atomic E-state index is 15.9. The van der Waals surface area contributed by atoms with Crippen LogP contribution in [0.1, 0.15) is 77.1 Å². The molecule has 2 aliphatic rings. The van der Waals surface area contributed by atoms with E-state index in [1.807, 2.05) is 64.1 Å². The zero-order valence-corrected chi connectivity index (χ0v) is 34.2. The molecule has 2 aliphatic heterocycles. The average Bonchev–Trinajstić information content (AvgIpc) is 4.07. The van der Waals surface area contributed by atoms with Gasteiger partial charge in [0.05, 0.1) is 50.1 Å². The predicted molar refractivity (Wildman–Crippen MR) is 220 cm³/mol. The SMILES string of the molecule is COC(=O)NC(C(=O)N1CCCC1c1ncc(-c2ccc(-c3ccc4cc(-c5cnc(C6CCCN6C(=O)C(NC(=O)OC)C(C)C)[nH]5)ccc4c3)c(F)c2)[nH]1)C(C)C. The molecule has 0 aliphatic carbocycles. The van der Waals surface area contributed by atoms with Crippen LogP contribution in [0, 0.1) is 17.7 Å². The Bertz CT molecular complexity index is 2360. The second-order valence-corrected chi connectivity index (χ2v) is 15.9. The zero-order chi connectivity index (χ0) is 42.0. The molecule has 7 rings (SSSR count). The highest BCUT2D eigenvalue weighted by Gasteiger charge is 2.39. The van der Waals surface area contributed by atoms with Crippen molar-refractivity contribution in [3.05, 3.63) is 84.5 Å². The number of carbonyl (C=O) groups excluding carboxylic acids is 4. The van der Waals surface area contributed by atoms with Gasteiger partial charge in [-0.25, -0.2) is 23.9 Å². The molecule has 2 fully saturated rings. The summed E-state index contributed by atoms with van der Waals surface area (Å²) >= 11 is 0. The monoisotopic (exact) mass is 806 g/mol. The van der Waals surface area contributed by atoms with Crippen LogP contribution in [0.4, 0.5) is 14.0 Å². The number of amides is 4. The highest BCUT2D eigenvalue weighted by molar-refractivity contribution is 5.91. The van der Waals surface area contributed by atoms with Crippen LogP contribution in [0.25, 0.3) is 44.4 Å². The van der Waals surface area contributed by atoms with E-state index in [1.165, 1.54) is 20.3 Å². The molecule has 14 nitrogen and oxygen atoms in total. The number of methoxy groups -OCH3 is 2. The standard InChI is InChI=1S/C44H51FN8O6/c1-24(2)37(50-43(56)58-5)41(54)52-17-7-9-35(52)39-46-22-33(48-39)29-14-12-26-19-28(13-11-27(26)20-29)31-16-15-30(21-32(31)45)34-23-47-40(49-34)36-10-8-18-53(36)42(55)38(25(3)4)51-44(57)59-6/h11-16,19-25,35-38H,7-10,17-18H2,1-6H3,(H,46,48)(H,47,49)(H,50,56)(H,51,57). The maximum atomic E-state index is 15.9. The van der Waals surface area contributed by atoms with Gasteiger partial charge in [0.15, 0.2) is 0 Å². The first-order valence-electron chi connectivity index (χ1n) is 20.1. The van der Waals surface area contributed by atoms with Crippen LogP contribution in [0.5, 0.6) is 0 Å². The zero-order valence-electron chi connectivity index (χ0n) is 34.2. The van der Waals surface area contributed by atoms with Crippen molar-refractivity contribution in [2.24, 2.45) is 11.8 Å². The molecule has 4 heterocycles. The van der Waals surface area contributed by atoms with Crippen LogP contribution in [0.2, 0.25) is 0 Å². The molecule has 4 unspecified atom stereocenters. The number of ether oxygens (including phenoxy) is 2. The number of aromatic nitrogens is 4. The van der Waals surface area contributed by atoms with E-state index >= 15 is 4.39 Å².